The topological polar surface area (TPSA) is 105 Å². The lowest BCUT2D eigenvalue weighted by molar-refractivity contribution is -0.118. The number of ether oxygens (including phenoxy) is 1. The molecule has 3 rings (SSSR count). The number of sulfonamides is 1. The van der Waals surface area contributed by atoms with Gasteiger partial charge in [-0.2, -0.15) is 4.31 Å². The molecule has 166 valence electrons. The molecule has 2 aromatic rings. The fourth-order valence-corrected chi connectivity index (χ4v) is 4.88. The van der Waals surface area contributed by atoms with E-state index in [2.05, 4.69) is 10.6 Å². The van der Waals surface area contributed by atoms with Crippen molar-refractivity contribution < 1.29 is 22.7 Å². The van der Waals surface area contributed by atoms with E-state index in [1.165, 1.54) is 19.1 Å². The molecule has 0 unspecified atom stereocenters. The van der Waals surface area contributed by atoms with Crippen molar-refractivity contribution >= 4 is 33.2 Å². The molecule has 0 atom stereocenters. The molecule has 0 spiro atoms. The van der Waals surface area contributed by atoms with Crippen molar-refractivity contribution in [2.24, 2.45) is 0 Å². The molecule has 0 aliphatic carbocycles. The second kappa shape index (κ2) is 10.4. The number of hydrogen-bond donors (Lipinski definition) is 2. The number of carbonyl (C=O) groups excluding carboxylic acids is 2. The molecule has 0 saturated carbocycles. The lowest BCUT2D eigenvalue weighted by Crippen LogP contribution is -2.31. The quantitative estimate of drug-likeness (QED) is 0.681. The Morgan fingerprint density at radius 2 is 1.55 bits per heavy atom. The summed E-state index contributed by atoms with van der Waals surface area (Å²) in [6.45, 7) is 2.26. The van der Waals surface area contributed by atoms with E-state index in [0.29, 0.717) is 30.2 Å². The summed E-state index contributed by atoms with van der Waals surface area (Å²) in [6.07, 6.45) is 3.86. The minimum atomic E-state index is -3.52. The Labute approximate surface area is 182 Å². The molecule has 1 fully saturated rings. The van der Waals surface area contributed by atoms with Crippen LogP contribution in [0.15, 0.2) is 53.4 Å². The highest BCUT2D eigenvalue weighted by atomic mass is 32.2. The van der Waals surface area contributed by atoms with Gasteiger partial charge in [0.25, 0.3) is 5.91 Å². The number of rotatable bonds is 7. The number of anilines is 2. The molecular formula is C22H27N3O5S. The van der Waals surface area contributed by atoms with Crippen LogP contribution >= 0.6 is 0 Å². The molecule has 8 nitrogen and oxygen atoms in total. The first-order valence-corrected chi connectivity index (χ1v) is 11.7. The van der Waals surface area contributed by atoms with Gasteiger partial charge in [-0.15, -0.1) is 0 Å². The van der Waals surface area contributed by atoms with Crippen molar-refractivity contribution in [1.82, 2.24) is 4.31 Å². The van der Waals surface area contributed by atoms with E-state index in [4.69, 9.17) is 4.74 Å². The standard InChI is InChI=1S/C22H27N3O5S/c1-17(26)23-18-7-6-8-19(15-18)24-22(27)16-30-20-9-11-21(12-10-20)31(28,29)25-13-4-2-3-5-14-25/h6-12,15H,2-5,13-14,16H2,1H3,(H,23,26)(H,24,27). The minimum Gasteiger partial charge on any atom is -0.484 e. The van der Waals surface area contributed by atoms with Crippen LogP contribution in [-0.4, -0.2) is 44.2 Å². The molecule has 1 heterocycles. The number of nitrogens with zero attached hydrogens (tertiary/aromatic N) is 1. The summed E-state index contributed by atoms with van der Waals surface area (Å²) < 4.78 is 32.6. The Hall–Kier alpha value is -2.91. The van der Waals surface area contributed by atoms with Crippen LogP contribution < -0.4 is 15.4 Å². The van der Waals surface area contributed by atoms with Gasteiger partial charge in [0.2, 0.25) is 15.9 Å². The van der Waals surface area contributed by atoms with Crippen LogP contribution in [0.2, 0.25) is 0 Å². The van der Waals surface area contributed by atoms with Crippen LogP contribution in [0.3, 0.4) is 0 Å². The van der Waals surface area contributed by atoms with Crippen LogP contribution in [0, 0.1) is 0 Å². The van der Waals surface area contributed by atoms with Gasteiger partial charge < -0.3 is 15.4 Å². The van der Waals surface area contributed by atoms with Crippen molar-refractivity contribution in [3.05, 3.63) is 48.5 Å². The normalized spacial score (nSPS) is 15.0. The first-order chi connectivity index (χ1) is 14.8. The number of amides is 2. The monoisotopic (exact) mass is 445 g/mol. The summed E-state index contributed by atoms with van der Waals surface area (Å²) in [6, 6.07) is 12.9. The van der Waals surface area contributed by atoms with E-state index >= 15 is 0 Å². The molecular weight excluding hydrogens is 418 g/mol. The zero-order valence-corrected chi connectivity index (χ0v) is 18.3. The Balaban J connectivity index is 1.55. The summed E-state index contributed by atoms with van der Waals surface area (Å²) in [5.74, 6) is -0.175. The van der Waals surface area contributed by atoms with E-state index in [9.17, 15) is 18.0 Å². The van der Waals surface area contributed by atoms with E-state index in [1.54, 1.807) is 40.7 Å². The maximum absolute atomic E-state index is 12.8. The van der Waals surface area contributed by atoms with Crippen LogP contribution in [0.1, 0.15) is 32.6 Å². The van der Waals surface area contributed by atoms with Gasteiger partial charge in [0.1, 0.15) is 5.75 Å². The molecule has 31 heavy (non-hydrogen) atoms. The van der Waals surface area contributed by atoms with Gasteiger partial charge in [-0.3, -0.25) is 9.59 Å². The smallest absolute Gasteiger partial charge is 0.262 e. The predicted octanol–water partition coefficient (Wildman–Crippen LogP) is 3.23. The van der Waals surface area contributed by atoms with Crippen molar-refractivity contribution in [3.63, 3.8) is 0 Å². The Morgan fingerprint density at radius 1 is 0.935 bits per heavy atom. The molecule has 1 aliphatic rings. The Morgan fingerprint density at radius 3 is 2.16 bits per heavy atom. The highest BCUT2D eigenvalue weighted by molar-refractivity contribution is 7.89. The van der Waals surface area contributed by atoms with Gasteiger partial charge in [-0.25, -0.2) is 8.42 Å². The number of carbonyl (C=O) groups is 2. The van der Waals surface area contributed by atoms with Crippen LogP contribution in [0.5, 0.6) is 5.75 Å². The fourth-order valence-electron chi connectivity index (χ4n) is 3.36. The zero-order valence-electron chi connectivity index (χ0n) is 17.5. The third kappa shape index (κ3) is 6.53. The average Bonchev–Trinajstić information content (AvgIpc) is 3.02. The summed E-state index contributed by atoms with van der Waals surface area (Å²) >= 11 is 0. The summed E-state index contributed by atoms with van der Waals surface area (Å²) in [7, 11) is -3.52. The van der Waals surface area contributed by atoms with E-state index < -0.39 is 10.0 Å². The molecule has 0 radical (unpaired) electrons. The van der Waals surface area contributed by atoms with Gasteiger partial charge >= 0.3 is 0 Å². The molecule has 1 saturated heterocycles. The Kier molecular flexibility index (Phi) is 7.64. The number of nitrogens with one attached hydrogen (secondary N) is 2. The fraction of sp³-hybridized carbons (Fsp3) is 0.364. The van der Waals surface area contributed by atoms with Gasteiger partial charge in [-0.1, -0.05) is 18.9 Å². The van der Waals surface area contributed by atoms with Crippen molar-refractivity contribution in [1.29, 1.82) is 0 Å². The molecule has 2 aromatic carbocycles. The summed E-state index contributed by atoms with van der Waals surface area (Å²) in [5.41, 5.74) is 1.10. The zero-order chi connectivity index (χ0) is 22.3. The molecule has 2 amide bonds. The summed E-state index contributed by atoms with van der Waals surface area (Å²) in [4.78, 5) is 23.5. The number of hydrogen-bond acceptors (Lipinski definition) is 5. The lowest BCUT2D eigenvalue weighted by Gasteiger charge is -2.20. The Bertz CT molecular complexity index is 1010. The largest absolute Gasteiger partial charge is 0.484 e. The average molecular weight is 446 g/mol. The number of benzene rings is 2. The highest BCUT2D eigenvalue weighted by Crippen LogP contribution is 2.22. The van der Waals surface area contributed by atoms with Gasteiger partial charge in [-0.05, 0) is 55.3 Å². The second-order valence-corrected chi connectivity index (χ2v) is 9.33. The van der Waals surface area contributed by atoms with Crippen LogP contribution in [0.4, 0.5) is 11.4 Å². The van der Waals surface area contributed by atoms with Crippen molar-refractivity contribution in [2.75, 3.05) is 30.3 Å². The molecule has 0 aromatic heterocycles. The van der Waals surface area contributed by atoms with E-state index in [-0.39, 0.29) is 23.3 Å². The third-order valence-corrected chi connectivity index (χ3v) is 6.78. The van der Waals surface area contributed by atoms with Crippen LogP contribution in [0.25, 0.3) is 0 Å². The molecule has 2 N–H and O–H groups in total. The molecule has 9 heteroatoms. The first kappa shape index (κ1) is 22.8. The van der Waals surface area contributed by atoms with Crippen LogP contribution in [-0.2, 0) is 19.6 Å². The van der Waals surface area contributed by atoms with Gasteiger partial charge in [0.15, 0.2) is 6.61 Å². The van der Waals surface area contributed by atoms with Crippen molar-refractivity contribution in [2.45, 2.75) is 37.5 Å². The van der Waals surface area contributed by atoms with Gasteiger partial charge in [0.05, 0.1) is 4.90 Å². The second-order valence-electron chi connectivity index (χ2n) is 7.39. The van der Waals surface area contributed by atoms with Crippen molar-refractivity contribution in [3.8, 4) is 5.75 Å². The van der Waals surface area contributed by atoms with E-state index in [0.717, 1.165) is 25.7 Å². The predicted molar refractivity (Wildman–Crippen MR) is 119 cm³/mol. The highest BCUT2D eigenvalue weighted by Gasteiger charge is 2.25. The first-order valence-electron chi connectivity index (χ1n) is 10.2. The maximum Gasteiger partial charge on any atom is 0.262 e. The SMILES string of the molecule is CC(=O)Nc1cccc(NC(=O)COc2ccc(S(=O)(=O)N3CCCCCC3)cc2)c1. The third-order valence-electron chi connectivity index (χ3n) is 4.86. The molecule has 1 aliphatic heterocycles. The van der Waals surface area contributed by atoms with Gasteiger partial charge in [0, 0.05) is 31.4 Å². The maximum atomic E-state index is 12.8. The minimum absolute atomic E-state index is 0.201. The molecule has 0 bridgehead atoms. The summed E-state index contributed by atoms with van der Waals surface area (Å²) in [5, 5.41) is 5.34. The van der Waals surface area contributed by atoms with E-state index in [1.807, 2.05) is 0 Å². The lowest BCUT2D eigenvalue weighted by atomic mass is 10.2.